The van der Waals surface area contributed by atoms with Crippen molar-refractivity contribution < 1.29 is 8.42 Å². The maximum absolute atomic E-state index is 11.7. The van der Waals surface area contributed by atoms with Gasteiger partial charge < -0.3 is 0 Å². The fourth-order valence-corrected chi connectivity index (χ4v) is 2.55. The number of aromatic amines is 1. The number of nitrogens with one attached hydrogen (secondary N) is 1. The van der Waals surface area contributed by atoms with Crippen LogP contribution in [0, 0.1) is 0 Å². The lowest BCUT2D eigenvalue weighted by atomic mass is 10.2. The summed E-state index contributed by atoms with van der Waals surface area (Å²) in [4.78, 5) is 24.3. The molecule has 0 saturated carbocycles. The minimum absolute atomic E-state index is 0.00494. The van der Waals surface area contributed by atoms with Crippen molar-refractivity contribution in [3.63, 3.8) is 0 Å². The molecule has 0 radical (unpaired) electrons. The van der Waals surface area contributed by atoms with Crippen molar-refractivity contribution in [1.82, 2.24) is 9.55 Å². The second-order valence-corrected chi connectivity index (χ2v) is 6.52. The summed E-state index contributed by atoms with van der Waals surface area (Å²) < 4.78 is 23.5. The molecule has 0 unspecified atom stereocenters. The molecule has 0 aliphatic carbocycles. The summed E-state index contributed by atoms with van der Waals surface area (Å²) in [6.07, 6.45) is 0.888. The molecule has 112 valence electrons. The van der Waals surface area contributed by atoms with E-state index in [1.165, 1.54) is 12.1 Å². The first-order valence-corrected chi connectivity index (χ1v) is 7.79. The Morgan fingerprint density at radius 1 is 1.19 bits per heavy atom. The van der Waals surface area contributed by atoms with Gasteiger partial charge in [0, 0.05) is 6.20 Å². The van der Waals surface area contributed by atoms with Crippen molar-refractivity contribution in [2.24, 2.45) is 5.14 Å². The van der Waals surface area contributed by atoms with Crippen LogP contribution in [0.2, 0.25) is 10.0 Å². The van der Waals surface area contributed by atoms with E-state index in [1.807, 2.05) is 4.98 Å². The summed E-state index contributed by atoms with van der Waals surface area (Å²) in [7, 11) is -4.23. The fourth-order valence-electron chi connectivity index (χ4n) is 1.64. The monoisotopic (exact) mass is 349 g/mol. The van der Waals surface area contributed by atoms with E-state index in [2.05, 4.69) is 0 Å². The number of hydrogen-bond acceptors (Lipinski definition) is 4. The number of nitrogens with two attached hydrogens (primary N) is 1. The first-order chi connectivity index (χ1) is 9.68. The molecule has 2 aromatic rings. The molecule has 0 bridgehead atoms. The van der Waals surface area contributed by atoms with E-state index in [-0.39, 0.29) is 6.54 Å². The van der Waals surface area contributed by atoms with Crippen molar-refractivity contribution in [2.45, 2.75) is 11.4 Å². The zero-order valence-corrected chi connectivity index (χ0v) is 12.7. The molecule has 1 heterocycles. The minimum Gasteiger partial charge on any atom is -0.295 e. The zero-order valence-electron chi connectivity index (χ0n) is 10.3. The molecular formula is C11H9Cl2N3O4S. The van der Waals surface area contributed by atoms with E-state index in [9.17, 15) is 18.0 Å². The van der Waals surface area contributed by atoms with Crippen LogP contribution >= 0.6 is 23.2 Å². The Morgan fingerprint density at radius 2 is 1.86 bits per heavy atom. The van der Waals surface area contributed by atoms with E-state index >= 15 is 0 Å². The maximum atomic E-state index is 11.7. The summed E-state index contributed by atoms with van der Waals surface area (Å²) in [5, 5.41) is 5.55. The Bertz CT molecular complexity index is 918. The molecule has 2 rings (SSSR count). The molecule has 0 amide bonds. The van der Waals surface area contributed by atoms with Crippen LogP contribution in [0.15, 0.2) is 38.9 Å². The smallest absolute Gasteiger partial charge is 0.295 e. The molecule has 0 aliphatic heterocycles. The van der Waals surface area contributed by atoms with Gasteiger partial charge >= 0.3 is 5.69 Å². The second kappa shape index (κ2) is 5.64. The molecular weight excluding hydrogens is 341 g/mol. The van der Waals surface area contributed by atoms with E-state index < -0.39 is 26.2 Å². The Morgan fingerprint density at radius 3 is 2.43 bits per heavy atom. The largest absolute Gasteiger partial charge is 0.328 e. The van der Waals surface area contributed by atoms with E-state index in [4.69, 9.17) is 28.3 Å². The number of benzene rings is 1. The van der Waals surface area contributed by atoms with Crippen LogP contribution < -0.4 is 16.4 Å². The quantitative estimate of drug-likeness (QED) is 0.841. The topological polar surface area (TPSA) is 115 Å². The highest BCUT2D eigenvalue weighted by molar-refractivity contribution is 7.89. The normalized spacial score (nSPS) is 11.6. The number of H-pyrrole nitrogens is 1. The van der Waals surface area contributed by atoms with Gasteiger partial charge in [-0.3, -0.25) is 14.3 Å². The summed E-state index contributed by atoms with van der Waals surface area (Å²) in [5.74, 6) is 0. The van der Waals surface area contributed by atoms with Crippen molar-refractivity contribution in [3.05, 3.63) is 60.8 Å². The SMILES string of the molecule is NS(=O)(=O)c1cn(Cc2ccc(Cl)c(Cl)c2)c(=O)[nH]c1=O. The van der Waals surface area contributed by atoms with Crippen molar-refractivity contribution >= 4 is 33.2 Å². The third-order valence-electron chi connectivity index (χ3n) is 2.62. The number of aromatic nitrogens is 2. The highest BCUT2D eigenvalue weighted by Crippen LogP contribution is 2.22. The third-order valence-corrected chi connectivity index (χ3v) is 4.26. The van der Waals surface area contributed by atoms with Crippen LogP contribution in [-0.4, -0.2) is 18.0 Å². The molecule has 0 aliphatic rings. The van der Waals surface area contributed by atoms with Gasteiger partial charge in [0.2, 0.25) is 10.0 Å². The van der Waals surface area contributed by atoms with E-state index in [0.29, 0.717) is 15.6 Å². The van der Waals surface area contributed by atoms with Crippen molar-refractivity contribution in [1.29, 1.82) is 0 Å². The van der Waals surface area contributed by atoms with Gasteiger partial charge in [0.05, 0.1) is 16.6 Å². The lowest BCUT2D eigenvalue weighted by Crippen LogP contribution is -2.34. The molecule has 0 spiro atoms. The summed E-state index contributed by atoms with van der Waals surface area (Å²) in [6, 6.07) is 4.68. The standard InChI is InChI=1S/C11H9Cl2N3O4S/c12-7-2-1-6(3-8(7)13)4-16-5-9(21(14,19)20)10(17)15-11(16)18/h1-3,5H,4H2,(H2,14,19,20)(H,15,17,18). The van der Waals surface area contributed by atoms with Gasteiger partial charge in [-0.1, -0.05) is 29.3 Å². The van der Waals surface area contributed by atoms with Gasteiger partial charge in [-0.25, -0.2) is 18.4 Å². The Balaban J connectivity index is 2.52. The minimum atomic E-state index is -4.23. The number of halogens is 2. The fraction of sp³-hybridized carbons (Fsp3) is 0.0909. The second-order valence-electron chi connectivity index (χ2n) is 4.17. The van der Waals surface area contributed by atoms with E-state index in [1.54, 1.807) is 6.07 Å². The van der Waals surface area contributed by atoms with Gasteiger partial charge in [-0.2, -0.15) is 0 Å². The first-order valence-electron chi connectivity index (χ1n) is 5.49. The summed E-state index contributed by atoms with van der Waals surface area (Å²) in [6.45, 7) is -0.00494. The molecule has 0 saturated heterocycles. The molecule has 0 atom stereocenters. The van der Waals surface area contributed by atoms with Crippen LogP contribution in [0.5, 0.6) is 0 Å². The summed E-state index contributed by atoms with van der Waals surface area (Å²) >= 11 is 11.6. The number of hydrogen-bond donors (Lipinski definition) is 2. The predicted molar refractivity (Wildman–Crippen MR) is 78.3 cm³/mol. The van der Waals surface area contributed by atoms with Crippen molar-refractivity contribution in [3.8, 4) is 0 Å². The zero-order chi connectivity index (χ0) is 15.8. The molecule has 1 aromatic heterocycles. The highest BCUT2D eigenvalue weighted by atomic mass is 35.5. The highest BCUT2D eigenvalue weighted by Gasteiger charge is 2.15. The van der Waals surface area contributed by atoms with Gasteiger partial charge in [-0.05, 0) is 17.7 Å². The van der Waals surface area contributed by atoms with Gasteiger partial charge in [0.1, 0.15) is 0 Å². The third kappa shape index (κ3) is 3.53. The average molecular weight is 350 g/mol. The Labute approximate surface area is 129 Å². The Kier molecular flexibility index (Phi) is 4.24. The number of rotatable bonds is 3. The number of nitrogens with zero attached hydrogens (tertiary/aromatic N) is 1. The predicted octanol–water partition coefficient (Wildman–Crippen LogP) is 0.539. The molecule has 1 aromatic carbocycles. The van der Waals surface area contributed by atoms with Crippen LogP contribution in [-0.2, 0) is 16.6 Å². The van der Waals surface area contributed by atoms with Gasteiger partial charge in [0.25, 0.3) is 5.56 Å². The summed E-state index contributed by atoms with van der Waals surface area (Å²) in [5.41, 5.74) is -1.23. The van der Waals surface area contributed by atoms with Crippen LogP contribution in [0.25, 0.3) is 0 Å². The molecule has 7 nitrogen and oxygen atoms in total. The molecule has 3 N–H and O–H groups in total. The molecule has 0 fully saturated rings. The lowest BCUT2D eigenvalue weighted by molar-refractivity contribution is 0.591. The van der Waals surface area contributed by atoms with Crippen LogP contribution in [0.1, 0.15) is 5.56 Å². The average Bonchev–Trinajstić information content (AvgIpc) is 2.35. The maximum Gasteiger partial charge on any atom is 0.328 e. The van der Waals surface area contributed by atoms with Gasteiger partial charge in [-0.15, -0.1) is 0 Å². The number of sulfonamides is 1. The molecule has 21 heavy (non-hydrogen) atoms. The van der Waals surface area contributed by atoms with Gasteiger partial charge in [0.15, 0.2) is 4.90 Å². The molecule has 10 heteroatoms. The van der Waals surface area contributed by atoms with E-state index in [0.717, 1.165) is 10.8 Å². The van der Waals surface area contributed by atoms with Crippen LogP contribution in [0.3, 0.4) is 0 Å². The lowest BCUT2D eigenvalue weighted by Gasteiger charge is -2.07. The number of primary sulfonamides is 1. The van der Waals surface area contributed by atoms with Crippen molar-refractivity contribution in [2.75, 3.05) is 0 Å². The Hall–Kier alpha value is -1.61. The van der Waals surface area contributed by atoms with Crippen LogP contribution in [0.4, 0.5) is 0 Å². The first kappa shape index (κ1) is 15.8.